The van der Waals surface area contributed by atoms with Gasteiger partial charge in [-0.25, -0.2) is 9.59 Å². The quantitative estimate of drug-likeness (QED) is 0.410. The maximum absolute atomic E-state index is 13.6. The minimum absolute atomic E-state index is 0.543. The molecule has 0 aromatic rings. The Morgan fingerprint density at radius 2 is 1.20 bits per heavy atom. The third-order valence-corrected chi connectivity index (χ3v) is 2.39. The van der Waals surface area contributed by atoms with Crippen LogP contribution in [0.15, 0.2) is 0 Å². The van der Waals surface area contributed by atoms with E-state index >= 15 is 0 Å². The molecule has 0 atom stereocenters. The van der Waals surface area contributed by atoms with Crippen molar-refractivity contribution in [1.82, 2.24) is 0 Å². The van der Waals surface area contributed by atoms with E-state index in [-0.39, 0.29) is 0 Å². The van der Waals surface area contributed by atoms with Gasteiger partial charge < -0.3 is 14.2 Å². The van der Waals surface area contributed by atoms with E-state index in [1.807, 2.05) is 0 Å². The molecule has 0 heterocycles. The smallest absolute Gasteiger partial charge is 0.377 e. The Balaban J connectivity index is 5.66. The zero-order valence-electron chi connectivity index (χ0n) is 10.7. The number of carbonyl (C=O) groups excluding carboxylic acids is 3. The fourth-order valence-electron chi connectivity index (χ4n) is 1.29. The molecule has 0 radical (unpaired) electrons. The van der Waals surface area contributed by atoms with E-state index in [1.54, 1.807) is 0 Å². The van der Waals surface area contributed by atoms with Gasteiger partial charge in [-0.2, -0.15) is 17.6 Å². The van der Waals surface area contributed by atoms with Crippen LogP contribution < -0.4 is 0 Å². The Morgan fingerprint density at radius 3 is 1.45 bits per heavy atom. The Kier molecular flexibility index (Phi) is 5.92. The molecule has 0 saturated carbocycles. The van der Waals surface area contributed by atoms with Crippen LogP contribution in [-0.2, 0) is 28.6 Å². The van der Waals surface area contributed by atoms with E-state index in [0.29, 0.717) is 14.2 Å². The first-order valence-electron chi connectivity index (χ1n) is 5.04. The zero-order chi connectivity index (χ0) is 16.1. The van der Waals surface area contributed by atoms with Crippen LogP contribution in [0.3, 0.4) is 0 Å². The topological polar surface area (TPSA) is 78.9 Å². The number of carbonyl (C=O) groups is 3. The second kappa shape index (κ2) is 6.53. The number of hydrogen-bond acceptors (Lipinski definition) is 6. The van der Waals surface area contributed by atoms with Crippen molar-refractivity contribution >= 4 is 17.9 Å². The van der Waals surface area contributed by atoms with Gasteiger partial charge in [0.2, 0.25) is 0 Å². The molecule has 0 N–H and O–H groups in total. The molecule has 0 aromatic carbocycles. The lowest BCUT2D eigenvalue weighted by atomic mass is 9.90. The van der Waals surface area contributed by atoms with Crippen LogP contribution in [0.4, 0.5) is 17.6 Å². The zero-order valence-corrected chi connectivity index (χ0v) is 10.7. The molecule has 0 amide bonds. The lowest BCUT2D eigenvalue weighted by Crippen LogP contribution is -2.52. The number of halogens is 4. The summed E-state index contributed by atoms with van der Waals surface area (Å²) in [6, 6.07) is 0. The molecule has 0 aromatic heterocycles. The Hall–Kier alpha value is -1.87. The fourth-order valence-corrected chi connectivity index (χ4v) is 1.29. The van der Waals surface area contributed by atoms with Gasteiger partial charge in [-0.15, -0.1) is 0 Å². The summed E-state index contributed by atoms with van der Waals surface area (Å²) in [7, 11) is 1.86. The highest BCUT2D eigenvalue weighted by atomic mass is 19.3. The van der Waals surface area contributed by atoms with Crippen LogP contribution in [-0.4, -0.2) is 51.1 Å². The van der Waals surface area contributed by atoms with Gasteiger partial charge >= 0.3 is 29.8 Å². The minimum Gasteiger partial charge on any atom is -0.469 e. The molecule has 0 spiro atoms. The molecular formula is C10H12F4O6. The van der Waals surface area contributed by atoms with Gasteiger partial charge in [-0.3, -0.25) is 4.79 Å². The van der Waals surface area contributed by atoms with Gasteiger partial charge in [0.25, 0.3) is 0 Å². The maximum Gasteiger partial charge on any atom is 0.377 e. The molecule has 0 unspecified atom stereocenters. The van der Waals surface area contributed by atoms with Crippen molar-refractivity contribution in [2.24, 2.45) is 5.92 Å². The average molecular weight is 304 g/mol. The van der Waals surface area contributed by atoms with Crippen molar-refractivity contribution in [3.8, 4) is 0 Å². The van der Waals surface area contributed by atoms with Crippen LogP contribution in [0.1, 0.15) is 6.42 Å². The summed E-state index contributed by atoms with van der Waals surface area (Å²) in [5, 5.41) is 0. The first-order valence-corrected chi connectivity index (χ1v) is 5.04. The summed E-state index contributed by atoms with van der Waals surface area (Å²) < 4.78 is 65.8. The highest BCUT2D eigenvalue weighted by Gasteiger charge is 2.64. The Bertz CT molecular complexity index is 367. The third-order valence-electron chi connectivity index (χ3n) is 2.39. The SMILES string of the molecule is COC(=O)CC(C(F)(F)C(=O)OC)C(F)(F)C(=O)OC. The first kappa shape index (κ1) is 18.1. The van der Waals surface area contributed by atoms with Crippen molar-refractivity contribution in [2.45, 2.75) is 18.3 Å². The monoisotopic (exact) mass is 304 g/mol. The van der Waals surface area contributed by atoms with Crippen LogP contribution in [0.25, 0.3) is 0 Å². The second-order valence-electron chi connectivity index (χ2n) is 3.56. The third kappa shape index (κ3) is 3.58. The average Bonchev–Trinajstić information content (AvgIpc) is 2.41. The van der Waals surface area contributed by atoms with Crippen molar-refractivity contribution in [2.75, 3.05) is 21.3 Å². The van der Waals surface area contributed by atoms with Crippen LogP contribution in [0, 0.1) is 5.92 Å². The summed E-state index contributed by atoms with van der Waals surface area (Å²) >= 11 is 0. The molecule has 0 fully saturated rings. The number of esters is 3. The van der Waals surface area contributed by atoms with E-state index in [0.717, 1.165) is 7.11 Å². The predicted molar refractivity (Wildman–Crippen MR) is 54.0 cm³/mol. The molecule has 116 valence electrons. The van der Waals surface area contributed by atoms with Crippen molar-refractivity contribution in [3.05, 3.63) is 0 Å². The molecule has 0 bridgehead atoms. The molecule has 0 aliphatic heterocycles. The summed E-state index contributed by atoms with van der Waals surface area (Å²) in [6.07, 6.45) is -1.58. The number of hydrogen-bond donors (Lipinski definition) is 0. The van der Waals surface area contributed by atoms with Gasteiger partial charge in [0.1, 0.15) is 5.92 Å². The fraction of sp³-hybridized carbons (Fsp3) is 0.700. The molecule has 10 heteroatoms. The second-order valence-corrected chi connectivity index (χ2v) is 3.56. The van der Waals surface area contributed by atoms with Crippen molar-refractivity contribution in [1.29, 1.82) is 0 Å². The predicted octanol–water partition coefficient (Wildman–Crippen LogP) is 0.782. The van der Waals surface area contributed by atoms with Crippen molar-refractivity contribution < 1.29 is 46.2 Å². The summed E-state index contributed by atoms with van der Waals surface area (Å²) in [5.74, 6) is -18.9. The number of methoxy groups -OCH3 is 3. The van der Waals surface area contributed by atoms with E-state index in [9.17, 15) is 31.9 Å². The summed E-state index contributed by atoms with van der Waals surface area (Å²) in [5.41, 5.74) is 0. The van der Waals surface area contributed by atoms with Crippen molar-refractivity contribution in [3.63, 3.8) is 0 Å². The van der Waals surface area contributed by atoms with Gasteiger partial charge in [-0.1, -0.05) is 0 Å². The van der Waals surface area contributed by atoms with E-state index < -0.39 is 42.1 Å². The largest absolute Gasteiger partial charge is 0.469 e. The number of rotatable bonds is 6. The minimum atomic E-state index is -4.79. The lowest BCUT2D eigenvalue weighted by molar-refractivity contribution is -0.217. The molecule has 0 aliphatic rings. The molecule has 0 aliphatic carbocycles. The Labute approximate surface area is 111 Å². The molecule has 6 nitrogen and oxygen atoms in total. The number of alkyl halides is 4. The number of ether oxygens (including phenoxy) is 3. The van der Waals surface area contributed by atoms with Gasteiger partial charge in [0, 0.05) is 0 Å². The highest BCUT2D eigenvalue weighted by Crippen LogP contribution is 2.41. The van der Waals surface area contributed by atoms with Crippen LogP contribution in [0.2, 0.25) is 0 Å². The normalized spacial score (nSPS) is 12.0. The highest BCUT2D eigenvalue weighted by molar-refractivity contribution is 5.84. The van der Waals surface area contributed by atoms with E-state index in [4.69, 9.17) is 0 Å². The summed E-state index contributed by atoms with van der Waals surface area (Å²) in [4.78, 5) is 32.7. The Morgan fingerprint density at radius 1 is 0.850 bits per heavy atom. The lowest BCUT2D eigenvalue weighted by Gasteiger charge is -2.28. The standard InChI is InChI=1S/C10H12F4O6/c1-18-6(15)4-5(9(11,12)7(16)19-2)10(13,14)8(17)20-3/h5H,4H2,1-3H3. The maximum atomic E-state index is 13.6. The van der Waals surface area contributed by atoms with Gasteiger partial charge in [-0.05, 0) is 0 Å². The van der Waals surface area contributed by atoms with E-state index in [1.165, 1.54) is 0 Å². The molecular weight excluding hydrogens is 292 g/mol. The molecule has 20 heavy (non-hydrogen) atoms. The first-order chi connectivity index (χ1) is 9.05. The molecule has 0 saturated heterocycles. The molecule has 0 rings (SSSR count). The van der Waals surface area contributed by atoms with Crippen LogP contribution >= 0.6 is 0 Å². The van der Waals surface area contributed by atoms with E-state index in [2.05, 4.69) is 14.2 Å². The van der Waals surface area contributed by atoms with Gasteiger partial charge in [0.15, 0.2) is 0 Å². The van der Waals surface area contributed by atoms with Crippen LogP contribution in [0.5, 0.6) is 0 Å². The summed E-state index contributed by atoms with van der Waals surface area (Å²) in [6.45, 7) is 0. The van der Waals surface area contributed by atoms with Gasteiger partial charge in [0.05, 0.1) is 27.8 Å².